The number of carbonyl (C=O) groups excluding carboxylic acids is 1. The van der Waals surface area contributed by atoms with Crippen molar-refractivity contribution in [1.29, 1.82) is 0 Å². The Morgan fingerprint density at radius 3 is 2.25 bits per heavy atom. The molecule has 0 saturated carbocycles. The summed E-state index contributed by atoms with van der Waals surface area (Å²) in [5, 5.41) is 6.17. The van der Waals surface area contributed by atoms with Crippen molar-refractivity contribution in [2.75, 3.05) is 13.1 Å². The molecular formula is C13H18N2O. The Bertz CT molecular complexity index is 399. The smallest absolute Gasteiger partial charge is 0.252 e. The van der Waals surface area contributed by atoms with E-state index < -0.39 is 0 Å². The molecule has 1 fully saturated rings. The van der Waals surface area contributed by atoms with Gasteiger partial charge in [0.25, 0.3) is 5.91 Å². The SMILES string of the molecule is Cc1cc(C)c(C(=O)NC2CNC2)c(C)c1. The fourth-order valence-electron chi connectivity index (χ4n) is 2.19. The Balaban J connectivity index is 2.21. The molecule has 3 nitrogen and oxygen atoms in total. The molecule has 1 amide bonds. The number of nitrogens with one attached hydrogen (secondary N) is 2. The molecule has 1 aliphatic rings. The van der Waals surface area contributed by atoms with Crippen molar-refractivity contribution < 1.29 is 4.79 Å². The standard InChI is InChI=1S/C13H18N2O/c1-8-4-9(2)12(10(3)5-8)13(16)15-11-6-14-7-11/h4-5,11,14H,6-7H2,1-3H3,(H,15,16). The van der Waals surface area contributed by atoms with Crippen LogP contribution in [0.15, 0.2) is 12.1 Å². The molecule has 1 heterocycles. The van der Waals surface area contributed by atoms with Crippen LogP contribution in [0.1, 0.15) is 27.0 Å². The summed E-state index contributed by atoms with van der Waals surface area (Å²) in [6, 6.07) is 4.41. The molecule has 86 valence electrons. The van der Waals surface area contributed by atoms with Crippen molar-refractivity contribution in [3.05, 3.63) is 34.4 Å². The number of amides is 1. The van der Waals surface area contributed by atoms with Crippen LogP contribution in [0.25, 0.3) is 0 Å². The van der Waals surface area contributed by atoms with Gasteiger partial charge in [0.2, 0.25) is 0 Å². The minimum atomic E-state index is 0.0569. The van der Waals surface area contributed by atoms with Gasteiger partial charge in [0.15, 0.2) is 0 Å². The highest BCUT2D eigenvalue weighted by molar-refractivity contribution is 5.97. The van der Waals surface area contributed by atoms with Crippen molar-refractivity contribution in [1.82, 2.24) is 10.6 Å². The summed E-state index contributed by atoms with van der Waals surface area (Å²) in [5.74, 6) is 0.0569. The van der Waals surface area contributed by atoms with Gasteiger partial charge in [-0.15, -0.1) is 0 Å². The highest BCUT2D eigenvalue weighted by atomic mass is 16.1. The maximum absolute atomic E-state index is 12.1. The third-order valence-electron chi connectivity index (χ3n) is 3.02. The summed E-state index contributed by atoms with van der Waals surface area (Å²) in [5.41, 5.74) is 4.15. The highest BCUT2D eigenvalue weighted by Gasteiger charge is 2.21. The van der Waals surface area contributed by atoms with E-state index in [1.807, 2.05) is 13.8 Å². The third-order valence-corrected chi connectivity index (χ3v) is 3.02. The van der Waals surface area contributed by atoms with E-state index in [0.29, 0.717) is 6.04 Å². The monoisotopic (exact) mass is 218 g/mol. The van der Waals surface area contributed by atoms with Crippen LogP contribution in [0.5, 0.6) is 0 Å². The zero-order valence-electron chi connectivity index (χ0n) is 10.1. The van der Waals surface area contributed by atoms with Gasteiger partial charge in [0.1, 0.15) is 0 Å². The van der Waals surface area contributed by atoms with Crippen LogP contribution in [0.4, 0.5) is 0 Å². The maximum Gasteiger partial charge on any atom is 0.252 e. The molecule has 0 aromatic heterocycles. The molecule has 0 spiro atoms. The first-order valence-corrected chi connectivity index (χ1v) is 5.67. The Labute approximate surface area is 96.2 Å². The van der Waals surface area contributed by atoms with E-state index in [0.717, 1.165) is 29.8 Å². The molecule has 1 aromatic rings. The van der Waals surface area contributed by atoms with Crippen LogP contribution in [0.2, 0.25) is 0 Å². The zero-order chi connectivity index (χ0) is 11.7. The lowest BCUT2D eigenvalue weighted by molar-refractivity contribution is 0.0922. The normalized spacial score (nSPS) is 15.7. The van der Waals surface area contributed by atoms with Gasteiger partial charge in [0, 0.05) is 18.7 Å². The minimum Gasteiger partial charge on any atom is -0.347 e. The van der Waals surface area contributed by atoms with Crippen molar-refractivity contribution in [3.63, 3.8) is 0 Å². The highest BCUT2D eigenvalue weighted by Crippen LogP contribution is 2.16. The second-order valence-corrected chi connectivity index (χ2v) is 4.60. The Hall–Kier alpha value is -1.35. The van der Waals surface area contributed by atoms with E-state index in [-0.39, 0.29) is 5.91 Å². The van der Waals surface area contributed by atoms with Crippen LogP contribution >= 0.6 is 0 Å². The molecule has 1 aliphatic heterocycles. The molecule has 1 saturated heterocycles. The van der Waals surface area contributed by atoms with E-state index >= 15 is 0 Å². The fraction of sp³-hybridized carbons (Fsp3) is 0.462. The van der Waals surface area contributed by atoms with Gasteiger partial charge in [-0.1, -0.05) is 17.7 Å². The number of rotatable bonds is 2. The Kier molecular flexibility index (Phi) is 2.97. The number of aryl methyl sites for hydroxylation is 3. The van der Waals surface area contributed by atoms with E-state index in [9.17, 15) is 4.79 Å². The largest absolute Gasteiger partial charge is 0.347 e. The maximum atomic E-state index is 12.1. The summed E-state index contributed by atoms with van der Waals surface area (Å²) in [4.78, 5) is 12.1. The van der Waals surface area contributed by atoms with Gasteiger partial charge in [-0.2, -0.15) is 0 Å². The second kappa shape index (κ2) is 4.26. The molecule has 2 rings (SSSR count). The molecule has 3 heteroatoms. The lowest BCUT2D eigenvalue weighted by Crippen LogP contribution is -2.57. The van der Waals surface area contributed by atoms with Gasteiger partial charge < -0.3 is 10.6 Å². The Morgan fingerprint density at radius 1 is 1.25 bits per heavy atom. The first-order chi connectivity index (χ1) is 7.58. The van der Waals surface area contributed by atoms with Crippen LogP contribution in [-0.4, -0.2) is 25.0 Å². The van der Waals surface area contributed by atoms with Gasteiger partial charge in [0.05, 0.1) is 6.04 Å². The molecule has 2 N–H and O–H groups in total. The summed E-state index contributed by atoms with van der Waals surface area (Å²) >= 11 is 0. The average Bonchev–Trinajstić information content (AvgIpc) is 2.09. The molecule has 0 bridgehead atoms. The third kappa shape index (κ3) is 2.09. The zero-order valence-corrected chi connectivity index (χ0v) is 10.1. The molecule has 0 unspecified atom stereocenters. The second-order valence-electron chi connectivity index (χ2n) is 4.60. The van der Waals surface area contributed by atoms with Crippen molar-refractivity contribution in [2.45, 2.75) is 26.8 Å². The molecule has 0 radical (unpaired) electrons. The lowest BCUT2D eigenvalue weighted by Gasteiger charge is -2.28. The number of hydrogen-bond acceptors (Lipinski definition) is 2. The summed E-state index contributed by atoms with van der Waals surface area (Å²) in [7, 11) is 0. The van der Waals surface area contributed by atoms with Gasteiger partial charge in [-0.25, -0.2) is 0 Å². The van der Waals surface area contributed by atoms with Crippen molar-refractivity contribution >= 4 is 5.91 Å². The van der Waals surface area contributed by atoms with Crippen molar-refractivity contribution in [3.8, 4) is 0 Å². The molecule has 0 atom stereocenters. The molecular weight excluding hydrogens is 200 g/mol. The molecule has 0 aliphatic carbocycles. The predicted molar refractivity (Wildman–Crippen MR) is 64.8 cm³/mol. The average molecular weight is 218 g/mol. The summed E-state index contributed by atoms with van der Waals surface area (Å²) in [6.45, 7) is 7.81. The summed E-state index contributed by atoms with van der Waals surface area (Å²) in [6.07, 6.45) is 0. The van der Waals surface area contributed by atoms with E-state index in [4.69, 9.17) is 0 Å². The van der Waals surface area contributed by atoms with Gasteiger partial charge in [-0.05, 0) is 31.9 Å². The van der Waals surface area contributed by atoms with Gasteiger partial charge >= 0.3 is 0 Å². The first kappa shape index (κ1) is 11.1. The van der Waals surface area contributed by atoms with Crippen LogP contribution in [-0.2, 0) is 0 Å². The number of hydrogen-bond donors (Lipinski definition) is 2. The predicted octanol–water partition coefficient (Wildman–Crippen LogP) is 1.31. The fourth-order valence-corrected chi connectivity index (χ4v) is 2.19. The molecule has 1 aromatic carbocycles. The van der Waals surface area contributed by atoms with Crippen LogP contribution in [0, 0.1) is 20.8 Å². The van der Waals surface area contributed by atoms with E-state index in [2.05, 4.69) is 29.7 Å². The quantitative estimate of drug-likeness (QED) is 0.786. The number of benzene rings is 1. The first-order valence-electron chi connectivity index (χ1n) is 5.67. The van der Waals surface area contributed by atoms with E-state index in [1.165, 1.54) is 5.56 Å². The van der Waals surface area contributed by atoms with Gasteiger partial charge in [-0.3, -0.25) is 4.79 Å². The summed E-state index contributed by atoms with van der Waals surface area (Å²) < 4.78 is 0. The molecule has 16 heavy (non-hydrogen) atoms. The van der Waals surface area contributed by atoms with Crippen LogP contribution < -0.4 is 10.6 Å². The Morgan fingerprint density at radius 2 is 1.81 bits per heavy atom. The van der Waals surface area contributed by atoms with Crippen LogP contribution in [0.3, 0.4) is 0 Å². The van der Waals surface area contributed by atoms with Crippen molar-refractivity contribution in [2.24, 2.45) is 0 Å². The van der Waals surface area contributed by atoms with E-state index in [1.54, 1.807) is 0 Å². The minimum absolute atomic E-state index is 0.0569. The lowest BCUT2D eigenvalue weighted by atomic mass is 9.98. The topological polar surface area (TPSA) is 41.1 Å². The number of carbonyl (C=O) groups is 1.